The molecule has 1 heterocycles. The maximum Gasteiger partial charge on any atom is 0.268 e. The van der Waals surface area contributed by atoms with Crippen LogP contribution in [0.2, 0.25) is 0 Å². The van der Waals surface area contributed by atoms with E-state index in [0.29, 0.717) is 10.8 Å². The largest absolute Gasteiger partial charge is 0.384 e. The molecule has 1 saturated carbocycles. The molecule has 0 aromatic rings. The topological polar surface area (TPSA) is 18.5 Å². The average Bonchev–Trinajstić information content (AvgIpc) is 2.92. The molecule has 0 aromatic heterocycles. The zero-order valence-electron chi connectivity index (χ0n) is 34.4. The van der Waals surface area contributed by atoms with Gasteiger partial charge in [-0.2, -0.15) is 11.8 Å². The predicted octanol–water partition coefficient (Wildman–Crippen LogP) is 14.9. The van der Waals surface area contributed by atoms with E-state index in [1.54, 1.807) is 21.0 Å². The Kier molecular flexibility index (Phi) is 34.2. The van der Waals surface area contributed by atoms with Crippen LogP contribution in [0.4, 0.5) is 8.78 Å². The second-order valence-electron chi connectivity index (χ2n) is 17.6. The van der Waals surface area contributed by atoms with Gasteiger partial charge in [-0.15, -0.1) is 0 Å². The molecule has 2 fully saturated rings. The van der Waals surface area contributed by atoms with Crippen molar-refractivity contribution in [1.29, 1.82) is 0 Å². The van der Waals surface area contributed by atoms with Crippen LogP contribution in [-0.4, -0.2) is 43.9 Å². The van der Waals surface area contributed by atoms with Gasteiger partial charge in [-0.05, 0) is 97.4 Å². The first-order valence-electron chi connectivity index (χ1n) is 19.0. The fourth-order valence-electron chi connectivity index (χ4n) is 6.30. The maximum atomic E-state index is 12.0. The van der Waals surface area contributed by atoms with Gasteiger partial charge in [-0.1, -0.05) is 136 Å². The summed E-state index contributed by atoms with van der Waals surface area (Å²) in [7, 11) is 1.77. The lowest BCUT2D eigenvalue weighted by atomic mass is 9.82. The Hall–Kier alpha value is 0.130. The van der Waals surface area contributed by atoms with Crippen molar-refractivity contribution >= 4 is 11.8 Å². The fourth-order valence-corrected chi connectivity index (χ4v) is 7.44. The van der Waals surface area contributed by atoms with Crippen molar-refractivity contribution in [3.05, 3.63) is 0 Å². The molecule has 290 valence electrons. The first-order chi connectivity index (χ1) is 21.0. The lowest BCUT2D eigenvalue weighted by molar-refractivity contribution is -0.0791. The van der Waals surface area contributed by atoms with Crippen LogP contribution in [0, 0.1) is 46.3 Å². The molecule has 0 bridgehead atoms. The van der Waals surface area contributed by atoms with Crippen LogP contribution in [-0.2, 0) is 9.47 Å². The molecule has 1 aliphatic heterocycles. The lowest BCUT2D eigenvalue weighted by Crippen LogP contribution is -2.21. The highest BCUT2D eigenvalue weighted by Crippen LogP contribution is 2.30. The molecule has 0 spiro atoms. The van der Waals surface area contributed by atoms with Gasteiger partial charge in [0.25, 0.3) is 5.92 Å². The number of alkyl halides is 2. The van der Waals surface area contributed by atoms with Crippen molar-refractivity contribution in [3.63, 3.8) is 0 Å². The van der Waals surface area contributed by atoms with E-state index in [4.69, 9.17) is 4.74 Å². The normalized spacial score (nSPS) is 16.3. The summed E-state index contributed by atoms with van der Waals surface area (Å²) >= 11 is 2.12. The third-order valence-corrected chi connectivity index (χ3v) is 9.93. The zero-order chi connectivity index (χ0) is 36.6. The highest BCUT2D eigenvalue weighted by molar-refractivity contribution is 7.99. The summed E-state index contributed by atoms with van der Waals surface area (Å²) in [5.41, 5.74) is 0.914. The quantitative estimate of drug-likeness (QED) is 0.202. The van der Waals surface area contributed by atoms with E-state index in [2.05, 4.69) is 107 Å². The van der Waals surface area contributed by atoms with Gasteiger partial charge in [0.15, 0.2) is 0 Å². The fraction of sp³-hybridized carbons (Fsp3) is 1.00. The first kappa shape index (κ1) is 53.9. The molecule has 0 unspecified atom stereocenters. The van der Waals surface area contributed by atoms with E-state index in [0.717, 1.165) is 49.0 Å². The molecule has 47 heavy (non-hydrogen) atoms. The third kappa shape index (κ3) is 40.4. The van der Waals surface area contributed by atoms with Gasteiger partial charge in [0.1, 0.15) is 6.61 Å². The van der Waals surface area contributed by atoms with Gasteiger partial charge >= 0.3 is 0 Å². The monoisotopic (exact) mass is 697 g/mol. The number of thioether (sulfide) groups is 1. The van der Waals surface area contributed by atoms with E-state index in [1.165, 1.54) is 75.7 Å². The van der Waals surface area contributed by atoms with Crippen LogP contribution >= 0.6 is 11.8 Å². The molecule has 0 radical (unpaired) electrons. The van der Waals surface area contributed by atoms with E-state index in [-0.39, 0.29) is 13.5 Å². The Morgan fingerprint density at radius 3 is 1.28 bits per heavy atom. The van der Waals surface area contributed by atoms with Crippen molar-refractivity contribution in [2.24, 2.45) is 46.3 Å². The molecule has 2 rings (SSSR count). The summed E-state index contributed by atoms with van der Waals surface area (Å²) in [6, 6.07) is 0. The first-order valence-corrected chi connectivity index (χ1v) is 20.2. The molecule has 0 aromatic carbocycles. The van der Waals surface area contributed by atoms with E-state index in [1.807, 2.05) is 0 Å². The minimum atomic E-state index is -2.69. The van der Waals surface area contributed by atoms with Gasteiger partial charge in [-0.3, -0.25) is 0 Å². The Morgan fingerprint density at radius 2 is 1.04 bits per heavy atom. The predicted molar refractivity (Wildman–Crippen MR) is 213 cm³/mol. The molecule has 1 aliphatic carbocycles. The molecule has 2 nitrogen and oxygen atoms in total. The number of hydrogen-bond acceptors (Lipinski definition) is 3. The van der Waals surface area contributed by atoms with Crippen LogP contribution in [0.15, 0.2) is 0 Å². The van der Waals surface area contributed by atoms with Crippen molar-refractivity contribution in [2.75, 3.05) is 31.8 Å². The third-order valence-electron chi connectivity index (χ3n) is 8.89. The van der Waals surface area contributed by atoms with Gasteiger partial charge in [0.2, 0.25) is 0 Å². The van der Waals surface area contributed by atoms with Gasteiger partial charge in [0.05, 0.1) is 12.7 Å². The Balaban J connectivity index is -0.000000245. The SMILES string of the molecule is C.CC(C)C1CCCCC1.CC(C)C1CCSCC1.CC(C)OCC(C)(F)F.CCC(C)(C)CC(C)C.COCC(C)(C)CC(C)C. The summed E-state index contributed by atoms with van der Waals surface area (Å²) < 4.78 is 33.7. The smallest absolute Gasteiger partial charge is 0.268 e. The summed E-state index contributed by atoms with van der Waals surface area (Å²) in [5.74, 6) is 5.68. The zero-order valence-corrected chi connectivity index (χ0v) is 35.2. The molecule has 1 saturated heterocycles. The Morgan fingerprint density at radius 1 is 0.638 bits per heavy atom. The van der Waals surface area contributed by atoms with Gasteiger partial charge in [0, 0.05) is 14.0 Å². The number of rotatable bonds is 12. The standard InChI is InChI=1S/C9H20O.C9H18.C9H20.C8H16S.C6H12F2O.CH4/c1-8(2)6-9(3,4)7-10-5;1-8(2)9-6-4-3-5-7-9;1-6-9(4,5)7-8(2)3;1-7(2)8-3-5-9-6-4-8;1-5(2)9-4-6(3,7)8;/h8H,6-7H2,1-5H3;8-9H,3-7H2,1-2H3;8H,6-7H2,1-5H3;7-8H,3-6H2,1-2H3;5H,4H2,1-3H3;1H4. The highest BCUT2D eigenvalue weighted by atomic mass is 32.2. The van der Waals surface area contributed by atoms with Gasteiger partial charge < -0.3 is 9.47 Å². The molecule has 2 aliphatic rings. The number of halogens is 2. The summed E-state index contributed by atoms with van der Waals surface area (Å²) in [6.45, 7) is 34.6. The molecule has 0 N–H and O–H groups in total. The van der Waals surface area contributed by atoms with Crippen LogP contribution in [0.25, 0.3) is 0 Å². The number of ether oxygens (including phenoxy) is 2. The highest BCUT2D eigenvalue weighted by Gasteiger charge is 2.22. The molecule has 0 amide bonds. The molecule has 5 heteroatoms. The minimum Gasteiger partial charge on any atom is -0.384 e. The molecular formula is C42H90F2O2S. The van der Waals surface area contributed by atoms with Crippen molar-refractivity contribution in [2.45, 2.75) is 194 Å². The summed E-state index contributed by atoms with van der Waals surface area (Å²) in [4.78, 5) is 0. The maximum absolute atomic E-state index is 12.0. The van der Waals surface area contributed by atoms with E-state index >= 15 is 0 Å². The minimum absolute atomic E-state index is 0. The average molecular weight is 697 g/mol. The van der Waals surface area contributed by atoms with Crippen LogP contribution < -0.4 is 0 Å². The van der Waals surface area contributed by atoms with Crippen LogP contribution in [0.5, 0.6) is 0 Å². The lowest BCUT2D eigenvalue weighted by Gasteiger charge is -2.25. The van der Waals surface area contributed by atoms with Crippen molar-refractivity contribution in [3.8, 4) is 0 Å². The van der Waals surface area contributed by atoms with E-state index < -0.39 is 12.5 Å². The second-order valence-corrected chi connectivity index (χ2v) is 18.8. The van der Waals surface area contributed by atoms with Crippen LogP contribution in [0.3, 0.4) is 0 Å². The Labute approximate surface area is 301 Å². The van der Waals surface area contributed by atoms with Crippen molar-refractivity contribution < 1.29 is 18.3 Å². The number of hydrogen-bond donors (Lipinski definition) is 0. The molecule has 0 atom stereocenters. The molecular weight excluding hydrogens is 607 g/mol. The summed E-state index contributed by atoms with van der Waals surface area (Å²) in [6.07, 6.45) is 14.2. The number of methoxy groups -OCH3 is 1. The Bertz CT molecular complexity index is 620. The van der Waals surface area contributed by atoms with Crippen LogP contribution in [0.1, 0.15) is 182 Å². The second kappa shape index (κ2) is 29.8. The van der Waals surface area contributed by atoms with Gasteiger partial charge in [-0.25, -0.2) is 8.78 Å². The van der Waals surface area contributed by atoms with Crippen molar-refractivity contribution in [1.82, 2.24) is 0 Å². The summed E-state index contributed by atoms with van der Waals surface area (Å²) in [5, 5.41) is 0. The van der Waals surface area contributed by atoms with E-state index in [9.17, 15) is 8.78 Å².